The second kappa shape index (κ2) is 8.82. The zero-order chi connectivity index (χ0) is 21.8. The number of aliphatic imine (C=N–C) groups is 1. The van der Waals surface area contributed by atoms with E-state index in [-0.39, 0.29) is 5.56 Å². The Morgan fingerprint density at radius 1 is 0.800 bits per heavy atom. The van der Waals surface area contributed by atoms with Gasteiger partial charge in [0.25, 0.3) is 0 Å². The normalized spacial score (nSPS) is 12.7. The van der Waals surface area contributed by atoms with E-state index in [1.165, 1.54) is 0 Å². The number of carbonyl (C=O) groups is 1. The Bertz CT molecular complexity index is 1050. The quantitative estimate of drug-likeness (QED) is 0.801. The van der Waals surface area contributed by atoms with Gasteiger partial charge in [0.15, 0.2) is 0 Å². The van der Waals surface area contributed by atoms with Gasteiger partial charge in [-0.2, -0.15) is 0 Å². The molecule has 0 aliphatic heterocycles. The summed E-state index contributed by atoms with van der Waals surface area (Å²) in [6.45, 7) is 0. The molecular formula is C25H27N3O2. The average molecular weight is 402 g/mol. The molecule has 2 aromatic carbocycles. The number of benzene rings is 2. The molecule has 0 heterocycles. The summed E-state index contributed by atoms with van der Waals surface area (Å²) < 4.78 is 0. The van der Waals surface area contributed by atoms with Gasteiger partial charge < -0.3 is 14.9 Å². The molecule has 0 fully saturated rings. The van der Waals surface area contributed by atoms with Gasteiger partial charge in [0.2, 0.25) is 0 Å². The molecule has 0 saturated carbocycles. The third kappa shape index (κ3) is 4.35. The molecule has 0 saturated heterocycles. The largest absolute Gasteiger partial charge is 0.478 e. The lowest BCUT2D eigenvalue weighted by molar-refractivity contribution is 0.0696. The molecule has 0 aromatic heterocycles. The van der Waals surface area contributed by atoms with Gasteiger partial charge >= 0.3 is 5.97 Å². The van der Waals surface area contributed by atoms with E-state index in [4.69, 9.17) is 0 Å². The highest BCUT2D eigenvalue weighted by Gasteiger charge is 2.19. The molecule has 1 N–H and O–H groups in total. The van der Waals surface area contributed by atoms with Gasteiger partial charge in [-0.25, -0.2) is 4.79 Å². The molecule has 0 unspecified atom stereocenters. The Hall–Kier alpha value is -3.60. The molecule has 0 amide bonds. The number of carboxylic acid groups (broad SMARTS) is 1. The van der Waals surface area contributed by atoms with Crippen molar-refractivity contribution in [2.24, 2.45) is 4.99 Å². The van der Waals surface area contributed by atoms with E-state index in [2.05, 4.69) is 4.99 Å². The third-order valence-corrected chi connectivity index (χ3v) is 5.11. The van der Waals surface area contributed by atoms with E-state index >= 15 is 0 Å². The van der Waals surface area contributed by atoms with Crippen molar-refractivity contribution in [2.75, 3.05) is 45.0 Å². The van der Waals surface area contributed by atoms with Crippen molar-refractivity contribution in [2.45, 2.75) is 0 Å². The van der Waals surface area contributed by atoms with Gasteiger partial charge in [-0.3, -0.25) is 4.99 Å². The van der Waals surface area contributed by atoms with Gasteiger partial charge in [0.1, 0.15) is 0 Å². The van der Waals surface area contributed by atoms with Crippen LogP contribution in [0.4, 0.5) is 11.4 Å². The van der Waals surface area contributed by atoms with Crippen LogP contribution in [-0.4, -0.2) is 52.0 Å². The van der Waals surface area contributed by atoms with Gasteiger partial charge in [-0.05, 0) is 58.7 Å². The van der Waals surface area contributed by atoms with Crippen LogP contribution in [0.5, 0.6) is 0 Å². The molecule has 30 heavy (non-hydrogen) atoms. The molecule has 3 rings (SSSR count). The summed E-state index contributed by atoms with van der Waals surface area (Å²) in [7, 11) is 9.54. The number of hydrogen-bond acceptors (Lipinski definition) is 4. The molecule has 2 aromatic rings. The molecule has 0 radical (unpaired) electrons. The molecule has 154 valence electrons. The smallest absolute Gasteiger partial charge is 0.336 e. The third-order valence-electron chi connectivity index (χ3n) is 5.11. The monoisotopic (exact) mass is 401 g/mol. The lowest BCUT2D eigenvalue weighted by Gasteiger charge is -2.20. The molecular weight excluding hydrogens is 374 g/mol. The number of aromatic carboxylic acids is 1. The maximum absolute atomic E-state index is 12.2. The summed E-state index contributed by atoms with van der Waals surface area (Å²) in [5.41, 5.74) is 6.55. The first-order valence-corrected chi connectivity index (χ1v) is 9.72. The second-order valence-electron chi connectivity index (χ2n) is 7.52. The van der Waals surface area contributed by atoms with E-state index in [1.54, 1.807) is 13.1 Å². The number of allylic oxidation sites excluding steroid dienone is 5. The molecule has 5 heteroatoms. The highest BCUT2D eigenvalue weighted by Crippen LogP contribution is 2.34. The van der Waals surface area contributed by atoms with Crippen molar-refractivity contribution in [3.8, 4) is 0 Å². The Labute approximate surface area is 178 Å². The number of hydrogen-bond donors (Lipinski definition) is 1. The molecule has 1 aliphatic rings. The topological polar surface area (TPSA) is 56.1 Å². The van der Waals surface area contributed by atoms with Gasteiger partial charge in [0, 0.05) is 46.6 Å². The van der Waals surface area contributed by atoms with Crippen LogP contribution in [0.3, 0.4) is 0 Å². The SMILES string of the molecule is CN=C1C=CC(=C(c2ccc(N(C)C)cc2)c2ccc(N(C)C)cc2C(=O)O)C=C1. The van der Waals surface area contributed by atoms with E-state index in [9.17, 15) is 9.90 Å². The van der Waals surface area contributed by atoms with Crippen molar-refractivity contribution >= 4 is 28.6 Å². The van der Waals surface area contributed by atoms with E-state index in [0.29, 0.717) is 5.56 Å². The van der Waals surface area contributed by atoms with Crippen LogP contribution in [0.15, 0.2) is 77.3 Å². The Morgan fingerprint density at radius 3 is 1.87 bits per heavy atom. The van der Waals surface area contributed by atoms with Crippen molar-refractivity contribution in [3.05, 3.63) is 89.0 Å². The molecule has 0 spiro atoms. The number of rotatable bonds is 5. The summed E-state index contributed by atoms with van der Waals surface area (Å²) >= 11 is 0. The van der Waals surface area contributed by atoms with Crippen molar-refractivity contribution in [3.63, 3.8) is 0 Å². The average Bonchev–Trinajstić information content (AvgIpc) is 2.74. The molecule has 0 bridgehead atoms. The standard InChI is InChI=1S/C25H27N3O2/c1-26-19-10-6-17(7-11-19)24(18-8-12-20(13-9-18)27(2)3)22-15-14-21(28(4)5)16-23(22)25(29)30/h6-16H,1-5H3,(H,29,30). The maximum Gasteiger partial charge on any atom is 0.336 e. The first-order chi connectivity index (χ1) is 14.3. The van der Waals surface area contributed by atoms with Crippen LogP contribution < -0.4 is 9.80 Å². The Morgan fingerprint density at radius 2 is 1.37 bits per heavy atom. The minimum Gasteiger partial charge on any atom is -0.478 e. The Balaban J connectivity index is 2.26. The van der Waals surface area contributed by atoms with E-state index < -0.39 is 5.97 Å². The van der Waals surface area contributed by atoms with Crippen molar-refractivity contribution in [1.29, 1.82) is 0 Å². The second-order valence-corrected chi connectivity index (χ2v) is 7.52. The number of anilines is 2. The van der Waals surface area contributed by atoms with Gasteiger partial charge in [0.05, 0.1) is 11.3 Å². The van der Waals surface area contributed by atoms with Crippen LogP contribution >= 0.6 is 0 Å². The van der Waals surface area contributed by atoms with Crippen molar-refractivity contribution < 1.29 is 9.90 Å². The summed E-state index contributed by atoms with van der Waals surface area (Å²) in [5, 5.41) is 9.96. The highest BCUT2D eigenvalue weighted by atomic mass is 16.4. The lowest BCUT2D eigenvalue weighted by atomic mass is 9.88. The lowest BCUT2D eigenvalue weighted by Crippen LogP contribution is -2.12. The van der Waals surface area contributed by atoms with E-state index in [0.717, 1.165) is 33.8 Å². The van der Waals surface area contributed by atoms with Crippen LogP contribution in [0.1, 0.15) is 21.5 Å². The van der Waals surface area contributed by atoms with Crippen LogP contribution in [0.25, 0.3) is 5.57 Å². The number of nitrogens with zero attached hydrogens (tertiary/aromatic N) is 3. The van der Waals surface area contributed by atoms with Crippen LogP contribution in [0.2, 0.25) is 0 Å². The molecule has 5 nitrogen and oxygen atoms in total. The minimum absolute atomic E-state index is 0.275. The number of carboxylic acids is 1. The summed E-state index contributed by atoms with van der Waals surface area (Å²) in [6, 6.07) is 13.7. The zero-order valence-electron chi connectivity index (χ0n) is 18.0. The van der Waals surface area contributed by atoms with Gasteiger partial charge in [-0.1, -0.05) is 30.4 Å². The predicted molar refractivity (Wildman–Crippen MR) is 126 cm³/mol. The fourth-order valence-electron chi connectivity index (χ4n) is 3.39. The van der Waals surface area contributed by atoms with Crippen molar-refractivity contribution in [1.82, 2.24) is 0 Å². The highest BCUT2D eigenvalue weighted by molar-refractivity contribution is 6.07. The summed E-state index contributed by atoms with van der Waals surface area (Å²) in [4.78, 5) is 20.3. The first kappa shape index (κ1) is 21.1. The Kier molecular flexibility index (Phi) is 6.21. The first-order valence-electron chi connectivity index (χ1n) is 9.72. The molecule has 1 aliphatic carbocycles. The van der Waals surface area contributed by atoms with Gasteiger partial charge in [-0.15, -0.1) is 0 Å². The van der Waals surface area contributed by atoms with Crippen LogP contribution in [-0.2, 0) is 0 Å². The van der Waals surface area contributed by atoms with E-state index in [1.807, 2.05) is 98.7 Å². The fraction of sp³-hybridized carbons (Fsp3) is 0.200. The summed E-state index contributed by atoms with van der Waals surface area (Å²) in [5.74, 6) is -0.948. The fourth-order valence-corrected chi connectivity index (χ4v) is 3.39. The minimum atomic E-state index is -0.948. The predicted octanol–water partition coefficient (Wildman–Crippen LogP) is 4.52. The summed E-state index contributed by atoms with van der Waals surface area (Å²) in [6.07, 6.45) is 7.86. The molecule has 0 atom stereocenters. The van der Waals surface area contributed by atoms with Crippen LogP contribution in [0, 0.1) is 0 Å². The zero-order valence-corrected chi connectivity index (χ0v) is 18.0. The maximum atomic E-state index is 12.2.